The van der Waals surface area contributed by atoms with Crippen LogP contribution in [0.1, 0.15) is 39.0 Å². The number of amides is 1. The number of rotatable bonds is 9. The second-order valence-electron chi connectivity index (χ2n) is 5.69. The molecule has 8 nitrogen and oxygen atoms in total. The van der Waals surface area contributed by atoms with Crippen LogP contribution in [0.25, 0.3) is 0 Å². The molecular weight excluding hydrogens is 306 g/mol. The van der Waals surface area contributed by atoms with Crippen LogP contribution in [0.4, 0.5) is 4.79 Å². The molecule has 0 unspecified atom stereocenters. The largest absolute Gasteiger partial charge is 0.447 e. The summed E-state index contributed by atoms with van der Waals surface area (Å²) in [4.78, 5) is 11.6. The Morgan fingerprint density at radius 2 is 1.78 bits per heavy atom. The van der Waals surface area contributed by atoms with Gasteiger partial charge in [0.25, 0.3) is 0 Å². The Morgan fingerprint density at radius 3 is 2.43 bits per heavy atom. The van der Waals surface area contributed by atoms with Gasteiger partial charge < -0.3 is 34.8 Å². The fraction of sp³-hybridized carbons (Fsp3) is 0.933. The Hall–Kier alpha value is -0.930. The minimum Gasteiger partial charge on any atom is -0.447 e. The number of hydrogen-bond acceptors (Lipinski definition) is 7. The van der Waals surface area contributed by atoms with E-state index in [0.717, 1.165) is 19.3 Å². The maximum absolute atomic E-state index is 11.6. The van der Waals surface area contributed by atoms with Crippen molar-refractivity contribution >= 4 is 6.09 Å². The van der Waals surface area contributed by atoms with Crippen molar-refractivity contribution in [1.82, 2.24) is 5.32 Å². The van der Waals surface area contributed by atoms with Gasteiger partial charge in [-0.15, -0.1) is 0 Å². The van der Waals surface area contributed by atoms with Gasteiger partial charge in [-0.2, -0.15) is 0 Å². The lowest BCUT2D eigenvalue weighted by Crippen LogP contribution is -2.59. The van der Waals surface area contributed by atoms with E-state index in [-0.39, 0.29) is 6.61 Å². The lowest BCUT2D eigenvalue weighted by atomic mass is 9.99. The first-order valence-electron chi connectivity index (χ1n) is 8.14. The Balaban J connectivity index is 2.24. The SMILES string of the molecule is CCCCCCCNC(=O)OC[C@H]1O[C@H](OC)[C@H](O)[C@H](O)[C@@H]1O. The van der Waals surface area contributed by atoms with Crippen molar-refractivity contribution in [3.05, 3.63) is 0 Å². The average molecular weight is 335 g/mol. The van der Waals surface area contributed by atoms with E-state index < -0.39 is 36.8 Å². The number of nitrogens with one attached hydrogen (secondary N) is 1. The van der Waals surface area contributed by atoms with Crippen LogP contribution in [0.5, 0.6) is 0 Å². The zero-order chi connectivity index (χ0) is 17.2. The van der Waals surface area contributed by atoms with E-state index in [0.29, 0.717) is 6.54 Å². The fourth-order valence-corrected chi connectivity index (χ4v) is 2.38. The molecule has 1 rings (SSSR count). The summed E-state index contributed by atoms with van der Waals surface area (Å²) in [6.45, 7) is 2.42. The molecule has 1 heterocycles. The lowest BCUT2D eigenvalue weighted by molar-refractivity contribution is -0.294. The minimum atomic E-state index is -1.43. The molecule has 0 spiro atoms. The monoisotopic (exact) mass is 335 g/mol. The molecule has 0 aliphatic carbocycles. The minimum absolute atomic E-state index is 0.244. The van der Waals surface area contributed by atoms with Gasteiger partial charge in [-0.25, -0.2) is 4.79 Å². The molecule has 0 saturated carbocycles. The van der Waals surface area contributed by atoms with Crippen molar-refractivity contribution in [1.29, 1.82) is 0 Å². The van der Waals surface area contributed by atoms with Crippen LogP contribution in [0.2, 0.25) is 0 Å². The summed E-state index contributed by atoms with van der Waals surface area (Å²) in [6.07, 6.45) is -1.35. The van der Waals surface area contributed by atoms with Crippen molar-refractivity contribution in [3.63, 3.8) is 0 Å². The number of unbranched alkanes of at least 4 members (excludes halogenated alkanes) is 4. The Labute approximate surface area is 136 Å². The van der Waals surface area contributed by atoms with Gasteiger partial charge in [0.2, 0.25) is 0 Å². The van der Waals surface area contributed by atoms with E-state index in [1.54, 1.807) is 0 Å². The molecule has 1 aliphatic heterocycles. The molecular formula is C15H29NO7. The molecule has 1 amide bonds. The van der Waals surface area contributed by atoms with Gasteiger partial charge in [0.05, 0.1) is 0 Å². The molecule has 0 aromatic carbocycles. The number of hydrogen-bond donors (Lipinski definition) is 4. The smallest absolute Gasteiger partial charge is 0.407 e. The molecule has 0 aromatic heterocycles. The fourth-order valence-electron chi connectivity index (χ4n) is 2.38. The molecule has 1 saturated heterocycles. The van der Waals surface area contributed by atoms with Crippen molar-refractivity contribution in [2.45, 2.75) is 69.7 Å². The molecule has 4 N–H and O–H groups in total. The average Bonchev–Trinajstić information content (AvgIpc) is 2.55. The summed E-state index contributed by atoms with van der Waals surface area (Å²) in [5.74, 6) is 0. The summed E-state index contributed by atoms with van der Waals surface area (Å²) in [6, 6.07) is 0. The maximum atomic E-state index is 11.6. The first-order valence-corrected chi connectivity index (χ1v) is 8.14. The van der Waals surface area contributed by atoms with Crippen LogP contribution in [0, 0.1) is 0 Å². The molecule has 23 heavy (non-hydrogen) atoms. The van der Waals surface area contributed by atoms with Gasteiger partial charge in [0, 0.05) is 13.7 Å². The second-order valence-corrected chi connectivity index (χ2v) is 5.69. The quantitative estimate of drug-likeness (QED) is 0.443. The summed E-state index contributed by atoms with van der Waals surface area (Å²) in [5, 5.41) is 31.8. The molecule has 8 heteroatoms. The van der Waals surface area contributed by atoms with Gasteiger partial charge in [-0.3, -0.25) is 0 Å². The van der Waals surface area contributed by atoms with Crippen LogP contribution in [-0.4, -0.2) is 72.4 Å². The highest BCUT2D eigenvalue weighted by molar-refractivity contribution is 5.67. The number of methoxy groups -OCH3 is 1. The van der Waals surface area contributed by atoms with E-state index in [9.17, 15) is 20.1 Å². The topological polar surface area (TPSA) is 117 Å². The predicted molar refractivity (Wildman–Crippen MR) is 81.8 cm³/mol. The first-order chi connectivity index (χ1) is 11.0. The zero-order valence-electron chi connectivity index (χ0n) is 13.8. The number of ether oxygens (including phenoxy) is 3. The van der Waals surface area contributed by atoms with Crippen molar-refractivity contribution in [2.75, 3.05) is 20.3 Å². The molecule has 0 bridgehead atoms. The lowest BCUT2D eigenvalue weighted by Gasteiger charge is -2.39. The number of aliphatic hydroxyl groups excluding tert-OH is 3. The summed E-state index contributed by atoms with van der Waals surface area (Å²) >= 11 is 0. The standard InChI is InChI=1S/C15H29NO7/c1-3-4-5-6-7-8-16-15(20)22-9-10-11(17)12(18)13(19)14(21-2)23-10/h10-14,17-19H,3-9H2,1-2H3,(H,16,20)/t10-,11-,12-,13-,14+/m1/s1. The van der Waals surface area contributed by atoms with Crippen molar-refractivity contribution < 1.29 is 34.3 Å². The van der Waals surface area contributed by atoms with E-state index in [2.05, 4.69) is 12.2 Å². The van der Waals surface area contributed by atoms with Gasteiger partial charge in [-0.05, 0) is 6.42 Å². The predicted octanol–water partition coefficient (Wildman–Crippen LogP) is 0.137. The van der Waals surface area contributed by atoms with E-state index in [4.69, 9.17) is 14.2 Å². The molecule has 1 fully saturated rings. The number of carbonyl (C=O) groups is 1. The van der Waals surface area contributed by atoms with Crippen LogP contribution < -0.4 is 5.32 Å². The summed E-state index contributed by atoms with van der Waals surface area (Å²) in [5.41, 5.74) is 0. The number of alkyl carbamates (subject to hydrolysis) is 1. The van der Waals surface area contributed by atoms with Crippen LogP contribution in [-0.2, 0) is 14.2 Å². The highest BCUT2D eigenvalue weighted by atomic mass is 16.7. The van der Waals surface area contributed by atoms with Gasteiger partial charge in [-0.1, -0.05) is 32.6 Å². The van der Waals surface area contributed by atoms with Gasteiger partial charge in [0.15, 0.2) is 6.29 Å². The Kier molecular flexibility index (Phi) is 9.42. The van der Waals surface area contributed by atoms with Crippen molar-refractivity contribution in [2.24, 2.45) is 0 Å². The van der Waals surface area contributed by atoms with Gasteiger partial charge in [0.1, 0.15) is 31.0 Å². The van der Waals surface area contributed by atoms with E-state index in [1.807, 2.05) is 0 Å². The third kappa shape index (κ3) is 6.60. The molecule has 1 aliphatic rings. The van der Waals surface area contributed by atoms with Crippen molar-refractivity contribution in [3.8, 4) is 0 Å². The molecule has 136 valence electrons. The van der Waals surface area contributed by atoms with Crippen LogP contribution in [0.15, 0.2) is 0 Å². The Morgan fingerprint density at radius 1 is 1.09 bits per heavy atom. The molecule has 5 atom stereocenters. The van der Waals surface area contributed by atoms with E-state index in [1.165, 1.54) is 20.0 Å². The second kappa shape index (κ2) is 10.8. The summed E-state index contributed by atoms with van der Waals surface area (Å²) < 4.78 is 15.1. The highest BCUT2D eigenvalue weighted by Crippen LogP contribution is 2.21. The van der Waals surface area contributed by atoms with E-state index >= 15 is 0 Å². The van der Waals surface area contributed by atoms with Crippen LogP contribution in [0.3, 0.4) is 0 Å². The maximum Gasteiger partial charge on any atom is 0.407 e. The third-order valence-corrected chi connectivity index (χ3v) is 3.83. The number of aliphatic hydroxyl groups is 3. The highest BCUT2D eigenvalue weighted by Gasteiger charge is 2.44. The summed E-state index contributed by atoms with van der Waals surface area (Å²) in [7, 11) is 1.31. The van der Waals surface area contributed by atoms with Gasteiger partial charge >= 0.3 is 6.09 Å². The van der Waals surface area contributed by atoms with Crippen LogP contribution >= 0.6 is 0 Å². The Bertz CT molecular complexity index is 340. The first kappa shape index (κ1) is 20.1. The normalized spacial score (nSPS) is 30.9. The third-order valence-electron chi connectivity index (χ3n) is 3.83. The molecule has 0 radical (unpaired) electrons. The molecule has 0 aromatic rings. The zero-order valence-corrected chi connectivity index (χ0v) is 13.8. The number of carbonyl (C=O) groups excluding carboxylic acids is 1.